The third-order valence-electron chi connectivity index (χ3n) is 4.15. The Kier molecular flexibility index (Phi) is 3.90. The Bertz CT molecular complexity index is 339. The number of hydrogen-bond donors (Lipinski definition) is 2. The van der Waals surface area contributed by atoms with E-state index in [1.165, 1.54) is 0 Å². The molecule has 2 fully saturated rings. The van der Waals surface area contributed by atoms with E-state index in [1.807, 2.05) is 0 Å². The van der Waals surface area contributed by atoms with Crippen LogP contribution >= 0.6 is 0 Å². The molecule has 2 saturated heterocycles. The van der Waals surface area contributed by atoms with Crippen molar-refractivity contribution in [1.29, 1.82) is 0 Å². The van der Waals surface area contributed by atoms with E-state index in [0.29, 0.717) is 25.9 Å². The van der Waals surface area contributed by atoms with Crippen molar-refractivity contribution in [2.75, 3.05) is 19.6 Å². The molecule has 2 aliphatic heterocycles. The highest BCUT2D eigenvalue weighted by Gasteiger charge is 2.39. The molecule has 2 atom stereocenters. The predicted octanol–water partition coefficient (Wildman–Crippen LogP) is 0.842. The SMILES string of the molecule is CC1(C(=O)O)CCCN(C(=O)CC2CCCN2)C1. The largest absolute Gasteiger partial charge is 0.481 e. The Labute approximate surface area is 108 Å². The molecule has 5 nitrogen and oxygen atoms in total. The highest BCUT2D eigenvalue weighted by molar-refractivity contribution is 5.80. The van der Waals surface area contributed by atoms with Gasteiger partial charge in [-0.15, -0.1) is 0 Å². The van der Waals surface area contributed by atoms with E-state index in [-0.39, 0.29) is 11.9 Å². The van der Waals surface area contributed by atoms with Gasteiger partial charge in [-0.2, -0.15) is 0 Å². The van der Waals surface area contributed by atoms with Crippen molar-refractivity contribution in [1.82, 2.24) is 10.2 Å². The van der Waals surface area contributed by atoms with Crippen LogP contribution in [0.1, 0.15) is 39.0 Å². The number of likely N-dealkylation sites (tertiary alicyclic amines) is 1. The molecule has 0 radical (unpaired) electrons. The molecule has 18 heavy (non-hydrogen) atoms. The first-order valence-corrected chi connectivity index (χ1v) is 6.76. The van der Waals surface area contributed by atoms with Gasteiger partial charge in [-0.3, -0.25) is 9.59 Å². The van der Waals surface area contributed by atoms with Crippen molar-refractivity contribution in [3.63, 3.8) is 0 Å². The molecule has 0 aromatic carbocycles. The minimum Gasteiger partial charge on any atom is -0.481 e. The maximum absolute atomic E-state index is 12.2. The van der Waals surface area contributed by atoms with Gasteiger partial charge in [0.15, 0.2) is 0 Å². The lowest BCUT2D eigenvalue weighted by Crippen LogP contribution is -2.49. The average Bonchev–Trinajstić information content (AvgIpc) is 2.81. The number of piperidine rings is 1. The van der Waals surface area contributed by atoms with Gasteiger partial charge in [0.25, 0.3) is 0 Å². The standard InChI is InChI=1S/C13H22N2O3/c1-13(12(17)18)5-3-7-15(9-13)11(16)8-10-4-2-6-14-10/h10,14H,2-9H2,1H3,(H,17,18). The summed E-state index contributed by atoms with van der Waals surface area (Å²) in [6.07, 6.45) is 4.14. The fourth-order valence-electron chi connectivity index (χ4n) is 2.90. The van der Waals surface area contributed by atoms with E-state index in [0.717, 1.165) is 25.8 Å². The zero-order chi connectivity index (χ0) is 13.2. The molecule has 0 aliphatic carbocycles. The van der Waals surface area contributed by atoms with Crippen LogP contribution in [-0.4, -0.2) is 47.6 Å². The molecule has 0 aromatic heterocycles. The van der Waals surface area contributed by atoms with Gasteiger partial charge in [0, 0.05) is 25.6 Å². The molecule has 1 amide bonds. The summed E-state index contributed by atoms with van der Waals surface area (Å²) >= 11 is 0. The van der Waals surface area contributed by atoms with Gasteiger partial charge in [0.05, 0.1) is 5.41 Å². The summed E-state index contributed by atoms with van der Waals surface area (Å²) in [7, 11) is 0. The summed E-state index contributed by atoms with van der Waals surface area (Å²) in [6.45, 7) is 3.79. The van der Waals surface area contributed by atoms with Crippen LogP contribution < -0.4 is 5.32 Å². The Morgan fingerprint density at radius 2 is 2.22 bits per heavy atom. The van der Waals surface area contributed by atoms with Crippen LogP contribution in [0.5, 0.6) is 0 Å². The third-order valence-corrected chi connectivity index (χ3v) is 4.15. The van der Waals surface area contributed by atoms with Crippen LogP contribution in [0, 0.1) is 5.41 Å². The Morgan fingerprint density at radius 1 is 1.44 bits per heavy atom. The fraction of sp³-hybridized carbons (Fsp3) is 0.846. The number of rotatable bonds is 3. The summed E-state index contributed by atoms with van der Waals surface area (Å²) < 4.78 is 0. The molecule has 0 aromatic rings. The second-order valence-electron chi connectivity index (χ2n) is 5.78. The summed E-state index contributed by atoms with van der Waals surface area (Å²) in [5.74, 6) is -0.694. The molecule has 5 heteroatoms. The second-order valence-corrected chi connectivity index (χ2v) is 5.78. The zero-order valence-electron chi connectivity index (χ0n) is 10.9. The number of carbonyl (C=O) groups is 2. The van der Waals surface area contributed by atoms with E-state index < -0.39 is 11.4 Å². The van der Waals surface area contributed by atoms with Crippen molar-refractivity contribution in [2.24, 2.45) is 5.41 Å². The topological polar surface area (TPSA) is 69.6 Å². The highest BCUT2D eigenvalue weighted by atomic mass is 16.4. The number of carboxylic acid groups (broad SMARTS) is 1. The third kappa shape index (κ3) is 2.83. The number of amides is 1. The number of aliphatic carboxylic acids is 1. The van der Waals surface area contributed by atoms with Crippen molar-refractivity contribution < 1.29 is 14.7 Å². The highest BCUT2D eigenvalue weighted by Crippen LogP contribution is 2.30. The number of hydrogen-bond acceptors (Lipinski definition) is 3. The van der Waals surface area contributed by atoms with Crippen LogP contribution in [0.15, 0.2) is 0 Å². The van der Waals surface area contributed by atoms with Crippen molar-refractivity contribution in [3.8, 4) is 0 Å². The second kappa shape index (κ2) is 5.26. The van der Waals surface area contributed by atoms with Gasteiger partial charge in [0.1, 0.15) is 0 Å². The molecule has 0 bridgehead atoms. The smallest absolute Gasteiger partial charge is 0.311 e. The van der Waals surface area contributed by atoms with E-state index in [4.69, 9.17) is 0 Å². The minimum atomic E-state index is -0.793. The van der Waals surface area contributed by atoms with Crippen LogP contribution in [0.4, 0.5) is 0 Å². The quantitative estimate of drug-likeness (QED) is 0.783. The lowest BCUT2D eigenvalue weighted by molar-refractivity contribution is -0.153. The lowest BCUT2D eigenvalue weighted by Gasteiger charge is -2.38. The predicted molar refractivity (Wildman–Crippen MR) is 67.2 cm³/mol. The maximum Gasteiger partial charge on any atom is 0.311 e. The fourth-order valence-corrected chi connectivity index (χ4v) is 2.90. The summed E-state index contributed by atoms with van der Waals surface area (Å²) in [5.41, 5.74) is -0.767. The van der Waals surface area contributed by atoms with Crippen molar-refractivity contribution in [2.45, 2.75) is 45.1 Å². The van der Waals surface area contributed by atoms with Crippen molar-refractivity contribution >= 4 is 11.9 Å². The number of carbonyl (C=O) groups excluding carboxylic acids is 1. The van der Waals surface area contributed by atoms with Gasteiger partial charge >= 0.3 is 5.97 Å². The minimum absolute atomic E-state index is 0.0987. The maximum atomic E-state index is 12.2. The molecule has 2 unspecified atom stereocenters. The summed E-state index contributed by atoms with van der Waals surface area (Å²) in [4.78, 5) is 25.1. The average molecular weight is 254 g/mol. The van der Waals surface area contributed by atoms with E-state index in [9.17, 15) is 14.7 Å². The number of carboxylic acids is 1. The zero-order valence-corrected chi connectivity index (χ0v) is 10.9. The molecule has 0 spiro atoms. The molecule has 102 valence electrons. The molecule has 2 rings (SSSR count). The molecule has 0 saturated carbocycles. The van der Waals surface area contributed by atoms with E-state index >= 15 is 0 Å². The first-order valence-electron chi connectivity index (χ1n) is 6.76. The molecular weight excluding hydrogens is 232 g/mol. The summed E-state index contributed by atoms with van der Waals surface area (Å²) in [6, 6.07) is 0.288. The monoisotopic (exact) mass is 254 g/mol. The molecular formula is C13H22N2O3. The van der Waals surface area contributed by atoms with Crippen LogP contribution in [0.3, 0.4) is 0 Å². The lowest BCUT2D eigenvalue weighted by atomic mass is 9.82. The Hall–Kier alpha value is -1.10. The van der Waals surface area contributed by atoms with Gasteiger partial charge in [-0.25, -0.2) is 0 Å². The van der Waals surface area contributed by atoms with Gasteiger partial charge in [-0.05, 0) is 39.2 Å². The Morgan fingerprint density at radius 3 is 2.83 bits per heavy atom. The van der Waals surface area contributed by atoms with Crippen molar-refractivity contribution in [3.05, 3.63) is 0 Å². The van der Waals surface area contributed by atoms with E-state index in [1.54, 1.807) is 11.8 Å². The molecule has 2 heterocycles. The number of nitrogens with one attached hydrogen (secondary N) is 1. The normalized spacial score (nSPS) is 32.5. The van der Waals surface area contributed by atoms with Gasteiger partial charge in [-0.1, -0.05) is 0 Å². The number of nitrogens with zero attached hydrogens (tertiary/aromatic N) is 1. The van der Waals surface area contributed by atoms with Gasteiger partial charge < -0.3 is 15.3 Å². The molecule has 2 aliphatic rings. The van der Waals surface area contributed by atoms with Crippen LogP contribution in [0.2, 0.25) is 0 Å². The molecule has 2 N–H and O–H groups in total. The Balaban J connectivity index is 1.91. The summed E-state index contributed by atoms with van der Waals surface area (Å²) in [5, 5.41) is 12.5. The van der Waals surface area contributed by atoms with Gasteiger partial charge in [0.2, 0.25) is 5.91 Å². The van der Waals surface area contributed by atoms with Crippen LogP contribution in [0.25, 0.3) is 0 Å². The first-order chi connectivity index (χ1) is 8.51. The first kappa shape index (κ1) is 13.3. The van der Waals surface area contributed by atoms with E-state index in [2.05, 4.69) is 5.32 Å². The van der Waals surface area contributed by atoms with Crippen LogP contribution in [-0.2, 0) is 9.59 Å².